The van der Waals surface area contributed by atoms with Gasteiger partial charge in [0.1, 0.15) is 6.33 Å². The summed E-state index contributed by atoms with van der Waals surface area (Å²) < 4.78 is 1.64. The number of hydrogen-bond acceptors (Lipinski definition) is 5. The molecule has 0 aliphatic carbocycles. The lowest BCUT2D eigenvalue weighted by atomic mass is 10.1. The van der Waals surface area contributed by atoms with Crippen LogP contribution in [-0.4, -0.2) is 62.1 Å². The van der Waals surface area contributed by atoms with Gasteiger partial charge in [-0.25, -0.2) is 9.78 Å². The third kappa shape index (κ3) is 2.85. The molecule has 0 bridgehead atoms. The van der Waals surface area contributed by atoms with Crippen molar-refractivity contribution in [1.82, 2.24) is 19.8 Å². The van der Waals surface area contributed by atoms with Gasteiger partial charge in [0.15, 0.2) is 11.7 Å². The van der Waals surface area contributed by atoms with E-state index in [0.717, 1.165) is 0 Å². The van der Waals surface area contributed by atoms with E-state index in [1.54, 1.807) is 35.9 Å². The maximum atomic E-state index is 12.5. The molecule has 0 radical (unpaired) electrons. The van der Waals surface area contributed by atoms with Gasteiger partial charge in [0.05, 0.1) is 30.1 Å². The summed E-state index contributed by atoms with van der Waals surface area (Å²) in [6.45, 7) is -0.606. The maximum Gasteiger partial charge on any atom is 0.328 e. The van der Waals surface area contributed by atoms with Crippen LogP contribution >= 0.6 is 0 Å². The molecule has 3 N–H and O–H groups in total. The number of aliphatic carboxylic acids is 1. The van der Waals surface area contributed by atoms with Crippen molar-refractivity contribution in [2.45, 2.75) is 12.6 Å². The molecular formula is C16H16N4O5. The summed E-state index contributed by atoms with van der Waals surface area (Å²) in [7, 11) is 1.61. The highest BCUT2D eigenvalue weighted by molar-refractivity contribution is 6.00. The van der Waals surface area contributed by atoms with E-state index in [1.807, 2.05) is 0 Å². The van der Waals surface area contributed by atoms with Crippen molar-refractivity contribution in [1.29, 1.82) is 0 Å². The van der Waals surface area contributed by atoms with Crippen molar-refractivity contribution in [2.24, 2.45) is 0 Å². The monoisotopic (exact) mass is 344 g/mol. The number of aliphatic hydroxyl groups excluding tert-OH is 1. The SMILES string of the molecule is CN1Cc2c(C(=O)NC(CO)C(=O)O)ncn2-c2ccccc2C1=O. The van der Waals surface area contributed by atoms with Crippen molar-refractivity contribution >= 4 is 17.8 Å². The smallest absolute Gasteiger partial charge is 0.328 e. The van der Waals surface area contributed by atoms with Crippen LogP contribution < -0.4 is 5.32 Å². The number of para-hydroxylation sites is 1. The zero-order chi connectivity index (χ0) is 18.1. The second-order valence-electron chi connectivity index (χ2n) is 5.64. The van der Waals surface area contributed by atoms with Crippen molar-refractivity contribution < 1.29 is 24.6 Å². The summed E-state index contributed by atoms with van der Waals surface area (Å²) in [5, 5.41) is 20.2. The average molecular weight is 344 g/mol. The van der Waals surface area contributed by atoms with Crippen molar-refractivity contribution in [2.75, 3.05) is 13.7 Å². The summed E-state index contributed by atoms with van der Waals surface area (Å²) in [5.41, 5.74) is 1.54. The van der Waals surface area contributed by atoms with Gasteiger partial charge in [-0.15, -0.1) is 0 Å². The number of carbonyl (C=O) groups is 3. The number of fused-ring (bicyclic) bond motifs is 3. The fourth-order valence-corrected chi connectivity index (χ4v) is 2.70. The van der Waals surface area contributed by atoms with Gasteiger partial charge in [-0.05, 0) is 12.1 Å². The number of hydrogen-bond donors (Lipinski definition) is 3. The Kier molecular flexibility index (Phi) is 4.24. The van der Waals surface area contributed by atoms with Gasteiger partial charge in [-0.2, -0.15) is 0 Å². The first-order valence-electron chi connectivity index (χ1n) is 7.49. The molecule has 1 aromatic carbocycles. The van der Waals surface area contributed by atoms with Crippen LogP contribution in [0.15, 0.2) is 30.6 Å². The number of nitrogens with zero attached hydrogens (tertiary/aromatic N) is 3. The zero-order valence-electron chi connectivity index (χ0n) is 13.3. The second-order valence-corrected chi connectivity index (χ2v) is 5.64. The number of aliphatic hydroxyl groups is 1. The highest BCUT2D eigenvalue weighted by Crippen LogP contribution is 2.25. The van der Waals surface area contributed by atoms with Crippen LogP contribution in [0.1, 0.15) is 26.5 Å². The van der Waals surface area contributed by atoms with Gasteiger partial charge in [0, 0.05) is 7.05 Å². The van der Waals surface area contributed by atoms with E-state index >= 15 is 0 Å². The Labute approximate surface area is 142 Å². The van der Waals surface area contributed by atoms with Crippen LogP contribution in [0.3, 0.4) is 0 Å². The van der Waals surface area contributed by atoms with E-state index < -0.39 is 24.5 Å². The van der Waals surface area contributed by atoms with Crippen LogP contribution in [0.4, 0.5) is 0 Å². The van der Waals surface area contributed by atoms with Gasteiger partial charge in [-0.1, -0.05) is 12.1 Å². The second kappa shape index (κ2) is 6.36. The first-order chi connectivity index (χ1) is 11.9. The largest absolute Gasteiger partial charge is 0.480 e. The van der Waals surface area contributed by atoms with Gasteiger partial charge >= 0.3 is 5.97 Å². The van der Waals surface area contributed by atoms with E-state index in [-0.39, 0.29) is 18.1 Å². The van der Waals surface area contributed by atoms with E-state index in [1.165, 1.54) is 11.2 Å². The molecule has 9 heteroatoms. The number of carboxylic acid groups (broad SMARTS) is 1. The predicted octanol–water partition coefficient (Wildman–Crippen LogP) is -0.367. The molecule has 1 aliphatic rings. The minimum atomic E-state index is -1.43. The van der Waals surface area contributed by atoms with Crippen LogP contribution in [-0.2, 0) is 11.3 Å². The van der Waals surface area contributed by atoms with Crippen molar-refractivity contribution in [3.05, 3.63) is 47.5 Å². The number of nitrogens with one attached hydrogen (secondary N) is 1. The summed E-state index contributed by atoms with van der Waals surface area (Å²) in [4.78, 5) is 41.4. The highest BCUT2D eigenvalue weighted by atomic mass is 16.4. The molecule has 2 amide bonds. The van der Waals surface area contributed by atoms with Gasteiger partial charge in [-0.3, -0.25) is 14.2 Å². The number of aromatic nitrogens is 2. The third-order valence-corrected chi connectivity index (χ3v) is 4.00. The number of carbonyl (C=O) groups excluding carboxylic acids is 2. The Hall–Kier alpha value is -3.20. The Morgan fingerprint density at radius 2 is 2.08 bits per heavy atom. The van der Waals surface area contributed by atoms with Crippen LogP contribution in [0, 0.1) is 0 Å². The molecule has 0 saturated heterocycles. The van der Waals surface area contributed by atoms with Crippen LogP contribution in [0.2, 0.25) is 0 Å². The molecule has 1 unspecified atom stereocenters. The number of rotatable bonds is 4. The molecule has 25 heavy (non-hydrogen) atoms. The summed E-state index contributed by atoms with van der Waals surface area (Å²) in [6.07, 6.45) is 1.42. The number of amides is 2. The topological polar surface area (TPSA) is 125 Å². The molecule has 9 nitrogen and oxygen atoms in total. The normalized spacial score (nSPS) is 14.3. The van der Waals surface area contributed by atoms with E-state index in [4.69, 9.17) is 10.2 Å². The number of benzene rings is 1. The number of imidazole rings is 1. The summed E-state index contributed by atoms with van der Waals surface area (Å²) in [6, 6.07) is 5.52. The molecule has 1 aliphatic heterocycles. The van der Waals surface area contributed by atoms with Crippen LogP contribution in [0.5, 0.6) is 0 Å². The Morgan fingerprint density at radius 1 is 1.36 bits per heavy atom. The fourth-order valence-electron chi connectivity index (χ4n) is 2.70. The molecule has 3 rings (SSSR count). The molecule has 1 aromatic heterocycles. The lowest BCUT2D eigenvalue weighted by Crippen LogP contribution is -2.43. The summed E-state index contributed by atoms with van der Waals surface area (Å²) >= 11 is 0. The van der Waals surface area contributed by atoms with E-state index in [0.29, 0.717) is 16.9 Å². The van der Waals surface area contributed by atoms with Crippen molar-refractivity contribution in [3.63, 3.8) is 0 Å². The Morgan fingerprint density at radius 3 is 2.76 bits per heavy atom. The van der Waals surface area contributed by atoms with E-state index in [9.17, 15) is 14.4 Å². The lowest BCUT2D eigenvalue weighted by Gasteiger charge is -2.15. The standard InChI is InChI=1S/C16H16N4O5/c1-19-6-12-13(14(22)18-10(7-21)16(24)25)17-8-20(12)11-5-3-2-4-9(11)15(19)23/h2-5,8,10,21H,6-7H2,1H3,(H,18,22)(H,24,25). The summed E-state index contributed by atoms with van der Waals surface area (Å²) in [5.74, 6) is -2.27. The molecule has 2 heterocycles. The lowest BCUT2D eigenvalue weighted by molar-refractivity contribution is -0.140. The quantitative estimate of drug-likeness (QED) is 0.695. The minimum absolute atomic E-state index is 0.0102. The fraction of sp³-hybridized carbons (Fsp3) is 0.250. The molecule has 130 valence electrons. The minimum Gasteiger partial charge on any atom is -0.480 e. The molecule has 2 aromatic rings. The predicted molar refractivity (Wildman–Crippen MR) is 85.3 cm³/mol. The third-order valence-electron chi connectivity index (χ3n) is 4.00. The first kappa shape index (κ1) is 16.7. The van der Waals surface area contributed by atoms with Gasteiger partial charge < -0.3 is 20.4 Å². The van der Waals surface area contributed by atoms with Gasteiger partial charge in [0.25, 0.3) is 11.8 Å². The van der Waals surface area contributed by atoms with Gasteiger partial charge in [0.2, 0.25) is 0 Å². The van der Waals surface area contributed by atoms with Crippen molar-refractivity contribution in [3.8, 4) is 5.69 Å². The zero-order valence-corrected chi connectivity index (χ0v) is 13.3. The molecule has 0 spiro atoms. The van der Waals surface area contributed by atoms with E-state index in [2.05, 4.69) is 10.3 Å². The molecule has 0 fully saturated rings. The Bertz CT molecular complexity index is 860. The molecule has 0 saturated carbocycles. The average Bonchev–Trinajstić information content (AvgIpc) is 2.97. The maximum absolute atomic E-state index is 12.5. The molecule has 1 atom stereocenters. The first-order valence-corrected chi connectivity index (χ1v) is 7.49. The molecular weight excluding hydrogens is 328 g/mol. The Balaban J connectivity index is 2.03. The number of carboxylic acids is 1. The highest BCUT2D eigenvalue weighted by Gasteiger charge is 2.29. The van der Waals surface area contributed by atoms with Crippen LogP contribution in [0.25, 0.3) is 5.69 Å².